The summed E-state index contributed by atoms with van der Waals surface area (Å²) in [7, 11) is 0. The average Bonchev–Trinajstić information content (AvgIpc) is 3.74. The maximum absolute atomic E-state index is 13.4. The van der Waals surface area contributed by atoms with Crippen molar-refractivity contribution in [2.45, 2.75) is 77.5 Å². The highest BCUT2D eigenvalue weighted by atomic mass is 35.5. The van der Waals surface area contributed by atoms with Crippen molar-refractivity contribution in [2.24, 2.45) is 0 Å². The van der Waals surface area contributed by atoms with Gasteiger partial charge in [-0.25, -0.2) is 9.59 Å². The molecule has 0 fully saturated rings. The number of unbranched alkanes of at least 4 members (excludes halogenated alkanes) is 2. The number of carbonyl (C=O) groups is 2. The van der Waals surface area contributed by atoms with Crippen LogP contribution in [-0.2, 0) is 35.2 Å². The summed E-state index contributed by atoms with van der Waals surface area (Å²) >= 11 is 6.54. The van der Waals surface area contributed by atoms with E-state index in [0.717, 1.165) is 35.1 Å². The lowest BCUT2D eigenvalue weighted by atomic mass is 9.98. The first kappa shape index (κ1) is 38.1. The standard InChI is InChI=1S/C31H37ClN8O11/c1-3-4-12-26-33-28(32)27(30(41)49-20(2)50-31(42)47-17-8-7-9-23(51-40(45)46)19-48-39(43)44)38(26)18-21-13-15-22(16-14-21)24-10-5-6-11-25(24)29-34-36-37-35-29/h5-6,10-11,13-16,20,23,26,33H,3-4,7-9,12,17-19H2,1-2H3,(H,34,35,36,37)/t20?,23-,26?/m1/s1. The molecule has 274 valence electrons. The lowest BCUT2D eigenvalue weighted by molar-refractivity contribution is -0.790. The predicted molar refractivity (Wildman–Crippen MR) is 177 cm³/mol. The number of hydrogen-bond donors (Lipinski definition) is 2. The van der Waals surface area contributed by atoms with Crippen LogP contribution < -0.4 is 5.32 Å². The number of esters is 1. The van der Waals surface area contributed by atoms with Gasteiger partial charge in [-0.15, -0.1) is 30.4 Å². The summed E-state index contributed by atoms with van der Waals surface area (Å²) in [6, 6.07) is 15.5. The number of ether oxygens (including phenoxy) is 3. The maximum atomic E-state index is 13.4. The summed E-state index contributed by atoms with van der Waals surface area (Å²) in [4.78, 5) is 56.8. The van der Waals surface area contributed by atoms with Crippen LogP contribution in [0.15, 0.2) is 59.4 Å². The average molecular weight is 733 g/mol. The lowest BCUT2D eigenvalue weighted by Crippen LogP contribution is -2.39. The predicted octanol–water partition coefficient (Wildman–Crippen LogP) is 4.86. The third kappa shape index (κ3) is 11.4. The van der Waals surface area contributed by atoms with Gasteiger partial charge in [-0.3, -0.25) is 0 Å². The van der Waals surface area contributed by atoms with E-state index in [9.17, 15) is 29.8 Å². The van der Waals surface area contributed by atoms with Gasteiger partial charge in [0.2, 0.25) is 12.1 Å². The van der Waals surface area contributed by atoms with Crippen LogP contribution in [-0.4, -0.2) is 79.6 Å². The van der Waals surface area contributed by atoms with Crippen molar-refractivity contribution in [3.05, 3.63) is 85.2 Å². The SMILES string of the molecule is CCCCC1NC(Cl)=C(C(=O)OC(C)OC(=O)OCCCC[C@H](CO[N+](=O)[O-])O[N+](=O)[O-])N1Cc1ccc(-c2ccccc2-c2nn[nH]n2)cc1. The van der Waals surface area contributed by atoms with Crippen LogP contribution >= 0.6 is 11.6 Å². The van der Waals surface area contributed by atoms with Crippen LogP contribution in [0, 0.1) is 20.2 Å². The number of hydrogen-bond acceptors (Lipinski definition) is 16. The molecule has 3 atom stereocenters. The molecule has 2 N–H and O–H groups in total. The molecule has 2 aromatic carbocycles. The Morgan fingerprint density at radius 2 is 1.76 bits per heavy atom. The van der Waals surface area contributed by atoms with Crippen LogP contribution in [0.1, 0.15) is 57.9 Å². The van der Waals surface area contributed by atoms with Gasteiger partial charge in [-0.2, -0.15) is 5.21 Å². The molecule has 0 radical (unpaired) electrons. The molecule has 2 unspecified atom stereocenters. The first-order valence-electron chi connectivity index (χ1n) is 16.0. The van der Waals surface area contributed by atoms with Crippen LogP contribution in [0.2, 0.25) is 0 Å². The van der Waals surface area contributed by atoms with E-state index in [-0.39, 0.29) is 42.9 Å². The normalized spacial score (nSPS) is 15.0. The quantitative estimate of drug-likeness (QED) is 0.0394. The first-order chi connectivity index (χ1) is 24.5. The van der Waals surface area contributed by atoms with Gasteiger partial charge in [0, 0.05) is 19.0 Å². The van der Waals surface area contributed by atoms with Gasteiger partial charge in [-0.1, -0.05) is 73.5 Å². The van der Waals surface area contributed by atoms with E-state index < -0.39 is 41.3 Å². The zero-order valence-corrected chi connectivity index (χ0v) is 28.5. The van der Waals surface area contributed by atoms with Gasteiger partial charge in [-0.05, 0) is 54.0 Å². The van der Waals surface area contributed by atoms with E-state index in [1.807, 2.05) is 53.4 Å². The number of nitrogens with zero attached hydrogens (tertiary/aromatic N) is 6. The number of carbonyl (C=O) groups excluding carboxylic acids is 2. The molecule has 3 aromatic rings. The second kappa shape index (κ2) is 18.9. The number of benzene rings is 2. The summed E-state index contributed by atoms with van der Waals surface area (Å²) in [5.41, 5.74) is 3.65. The molecule has 0 saturated heterocycles. The van der Waals surface area contributed by atoms with Gasteiger partial charge < -0.3 is 34.1 Å². The van der Waals surface area contributed by atoms with Crippen molar-refractivity contribution in [3.63, 3.8) is 0 Å². The van der Waals surface area contributed by atoms with Crippen molar-refractivity contribution < 1.29 is 43.6 Å². The second-order valence-corrected chi connectivity index (χ2v) is 11.6. The summed E-state index contributed by atoms with van der Waals surface area (Å²) in [6.45, 7) is 2.95. The van der Waals surface area contributed by atoms with Gasteiger partial charge in [0.05, 0.1) is 6.61 Å². The Bertz CT molecular complexity index is 1660. The Kier molecular flexibility index (Phi) is 14.1. The molecule has 2 heterocycles. The molecule has 1 aliphatic rings. The van der Waals surface area contributed by atoms with Crippen molar-refractivity contribution in [1.29, 1.82) is 0 Å². The topological polar surface area (TPSA) is 236 Å². The third-order valence-corrected chi connectivity index (χ3v) is 7.88. The van der Waals surface area contributed by atoms with Gasteiger partial charge >= 0.3 is 12.1 Å². The molecule has 0 aliphatic carbocycles. The van der Waals surface area contributed by atoms with E-state index in [1.54, 1.807) is 0 Å². The summed E-state index contributed by atoms with van der Waals surface area (Å²) in [5.74, 6) is -0.340. The fourth-order valence-electron chi connectivity index (χ4n) is 5.25. The Balaban J connectivity index is 1.32. The third-order valence-electron chi connectivity index (χ3n) is 7.60. The Morgan fingerprint density at radius 1 is 1.02 bits per heavy atom. The highest BCUT2D eigenvalue weighted by Crippen LogP contribution is 2.32. The molecule has 1 aromatic heterocycles. The monoisotopic (exact) mass is 732 g/mol. The first-order valence-corrected chi connectivity index (χ1v) is 16.4. The van der Waals surface area contributed by atoms with Crippen molar-refractivity contribution >= 4 is 23.7 Å². The van der Waals surface area contributed by atoms with E-state index >= 15 is 0 Å². The minimum Gasteiger partial charge on any atom is -0.434 e. The zero-order valence-electron chi connectivity index (χ0n) is 27.8. The second-order valence-electron chi connectivity index (χ2n) is 11.2. The molecule has 0 amide bonds. The molecule has 1 aliphatic heterocycles. The molecular weight excluding hydrogens is 696 g/mol. The van der Waals surface area contributed by atoms with Crippen LogP contribution in [0.5, 0.6) is 0 Å². The van der Waals surface area contributed by atoms with E-state index in [2.05, 4.69) is 42.5 Å². The van der Waals surface area contributed by atoms with E-state index in [1.165, 1.54) is 6.92 Å². The number of halogens is 1. The number of tetrazole rings is 1. The largest absolute Gasteiger partial charge is 0.511 e. The Hall–Kier alpha value is -5.72. The number of rotatable bonds is 20. The highest BCUT2D eigenvalue weighted by molar-refractivity contribution is 6.31. The minimum atomic E-state index is -1.34. The lowest BCUT2D eigenvalue weighted by Gasteiger charge is -2.29. The molecule has 19 nitrogen and oxygen atoms in total. The molecule has 0 bridgehead atoms. The Labute approximate surface area is 296 Å². The molecular formula is C31H37ClN8O11. The summed E-state index contributed by atoms with van der Waals surface area (Å²) < 4.78 is 15.5. The summed E-state index contributed by atoms with van der Waals surface area (Å²) in [6.07, 6.45) is -0.920. The highest BCUT2D eigenvalue weighted by Gasteiger charge is 2.36. The van der Waals surface area contributed by atoms with Gasteiger partial charge in [0.15, 0.2) is 5.70 Å². The van der Waals surface area contributed by atoms with Crippen molar-refractivity contribution in [2.75, 3.05) is 13.2 Å². The van der Waals surface area contributed by atoms with Gasteiger partial charge in [0.25, 0.3) is 10.2 Å². The van der Waals surface area contributed by atoms with E-state index in [4.69, 9.17) is 25.8 Å². The van der Waals surface area contributed by atoms with Crippen molar-refractivity contribution in [3.8, 4) is 22.5 Å². The molecule has 0 spiro atoms. The molecule has 4 rings (SSSR count). The summed E-state index contributed by atoms with van der Waals surface area (Å²) in [5, 5.41) is 36.4. The number of aromatic amines is 1. The number of H-pyrrole nitrogens is 1. The van der Waals surface area contributed by atoms with Crippen LogP contribution in [0.4, 0.5) is 4.79 Å². The molecule has 20 heteroatoms. The fraction of sp³-hybridized carbons (Fsp3) is 0.452. The number of aromatic nitrogens is 4. The van der Waals surface area contributed by atoms with Crippen LogP contribution in [0.25, 0.3) is 22.5 Å². The van der Waals surface area contributed by atoms with Crippen LogP contribution in [0.3, 0.4) is 0 Å². The molecule has 51 heavy (non-hydrogen) atoms. The minimum absolute atomic E-state index is 0.0283. The fourth-order valence-corrected chi connectivity index (χ4v) is 5.56. The van der Waals surface area contributed by atoms with Gasteiger partial charge in [0.1, 0.15) is 24.0 Å². The maximum Gasteiger partial charge on any atom is 0.511 e. The zero-order chi connectivity index (χ0) is 36.8. The van der Waals surface area contributed by atoms with Crippen molar-refractivity contribution in [1.82, 2.24) is 30.8 Å². The molecule has 0 saturated carbocycles. The van der Waals surface area contributed by atoms with E-state index in [0.29, 0.717) is 18.8 Å². The smallest absolute Gasteiger partial charge is 0.434 e. The number of nitrogens with one attached hydrogen (secondary N) is 2. The Morgan fingerprint density at radius 3 is 2.43 bits per heavy atom.